The highest BCUT2D eigenvalue weighted by Crippen LogP contribution is 2.43. The van der Waals surface area contributed by atoms with Crippen LogP contribution in [0.3, 0.4) is 0 Å². The third-order valence-electron chi connectivity index (χ3n) is 5.86. The molecule has 2 aromatic heterocycles. The fourth-order valence-electron chi connectivity index (χ4n) is 4.11. The van der Waals surface area contributed by atoms with Crippen molar-refractivity contribution < 1.29 is 4.42 Å². The highest BCUT2D eigenvalue weighted by Gasteiger charge is 2.42. The normalized spacial score (nSPS) is 17.9. The lowest BCUT2D eigenvalue weighted by Gasteiger charge is -2.26. The molecule has 2 atom stereocenters. The van der Waals surface area contributed by atoms with E-state index in [4.69, 9.17) is 28.2 Å². The molecule has 4 aromatic rings. The molecule has 2 aromatic carbocycles. The van der Waals surface area contributed by atoms with Crippen LogP contribution in [-0.4, -0.2) is 10.1 Å². The van der Waals surface area contributed by atoms with Gasteiger partial charge in [0.25, 0.3) is 0 Å². The van der Waals surface area contributed by atoms with Crippen molar-refractivity contribution in [1.82, 2.24) is 10.3 Å². The van der Waals surface area contributed by atoms with E-state index in [0.29, 0.717) is 16.1 Å². The smallest absolute Gasteiger partial charge is 0.174 e. The zero-order valence-electron chi connectivity index (χ0n) is 18.8. The number of anilines is 1. The molecular formula is C27H24ClN3OS2. The van der Waals surface area contributed by atoms with Gasteiger partial charge in [-0.1, -0.05) is 55.4 Å². The zero-order chi connectivity index (χ0) is 23.7. The first kappa shape index (κ1) is 23.0. The minimum atomic E-state index is -0.174. The lowest BCUT2D eigenvalue weighted by molar-refractivity contribution is 0.383. The van der Waals surface area contributed by atoms with Crippen molar-refractivity contribution in [3.05, 3.63) is 107 Å². The van der Waals surface area contributed by atoms with Gasteiger partial charge in [-0.05, 0) is 84.4 Å². The number of thiocarbonyl (C=S) groups is 1. The standard InChI is InChI=1S/C27H24ClN3OS2/c1-17(2)18-6-10-20(11-7-18)31-26(25(30-27(31)33)22-5-3-4-16-29-22)23-14-15-24(32-23)34-21-12-8-19(28)9-13-21/h3-17,25-26H,1-2H3,(H,30,33)/t25-,26-/m1/s1. The molecule has 7 heteroatoms. The molecule has 1 saturated heterocycles. The van der Waals surface area contributed by atoms with E-state index in [0.717, 1.165) is 27.1 Å². The van der Waals surface area contributed by atoms with Crippen LogP contribution in [0.25, 0.3) is 0 Å². The summed E-state index contributed by atoms with van der Waals surface area (Å²) in [5.41, 5.74) is 3.23. The summed E-state index contributed by atoms with van der Waals surface area (Å²) in [5, 5.41) is 5.66. The van der Waals surface area contributed by atoms with E-state index in [1.54, 1.807) is 18.0 Å². The zero-order valence-corrected chi connectivity index (χ0v) is 21.2. The van der Waals surface area contributed by atoms with Crippen molar-refractivity contribution in [2.45, 2.75) is 41.8 Å². The Morgan fingerprint density at radius 3 is 2.44 bits per heavy atom. The molecule has 0 radical (unpaired) electrons. The Kier molecular flexibility index (Phi) is 6.63. The molecule has 0 aliphatic carbocycles. The Balaban J connectivity index is 1.51. The van der Waals surface area contributed by atoms with Gasteiger partial charge in [-0.2, -0.15) is 0 Å². The molecule has 1 aliphatic rings. The van der Waals surface area contributed by atoms with Crippen LogP contribution < -0.4 is 10.2 Å². The summed E-state index contributed by atoms with van der Waals surface area (Å²) in [6.45, 7) is 4.39. The minimum absolute atomic E-state index is 0.141. The van der Waals surface area contributed by atoms with Crippen LogP contribution in [0.4, 0.5) is 5.69 Å². The van der Waals surface area contributed by atoms with Crippen LogP contribution in [-0.2, 0) is 0 Å². The van der Waals surface area contributed by atoms with E-state index in [1.165, 1.54) is 5.56 Å². The molecule has 1 aliphatic heterocycles. The maximum Gasteiger partial charge on any atom is 0.174 e. The summed E-state index contributed by atoms with van der Waals surface area (Å²) in [5.74, 6) is 1.29. The fraction of sp³-hybridized carbons (Fsp3) is 0.185. The largest absolute Gasteiger partial charge is 0.452 e. The average molecular weight is 506 g/mol. The van der Waals surface area contributed by atoms with Crippen molar-refractivity contribution >= 4 is 46.4 Å². The van der Waals surface area contributed by atoms with Gasteiger partial charge in [-0.15, -0.1) is 0 Å². The number of furan rings is 1. The van der Waals surface area contributed by atoms with Gasteiger partial charge in [0.05, 0.1) is 11.7 Å². The highest BCUT2D eigenvalue weighted by atomic mass is 35.5. The summed E-state index contributed by atoms with van der Waals surface area (Å²) in [6.07, 6.45) is 1.81. The predicted octanol–water partition coefficient (Wildman–Crippen LogP) is 7.78. The molecule has 0 saturated carbocycles. The van der Waals surface area contributed by atoms with Crippen molar-refractivity contribution in [3.8, 4) is 0 Å². The van der Waals surface area contributed by atoms with Crippen LogP contribution in [0.2, 0.25) is 5.02 Å². The second-order valence-corrected chi connectivity index (χ2v) is 10.4. The fourth-order valence-corrected chi connectivity index (χ4v) is 5.36. The summed E-state index contributed by atoms with van der Waals surface area (Å²) in [7, 11) is 0. The molecule has 4 nitrogen and oxygen atoms in total. The van der Waals surface area contributed by atoms with Crippen molar-refractivity contribution in [2.24, 2.45) is 0 Å². The minimum Gasteiger partial charge on any atom is -0.452 e. The molecule has 0 amide bonds. The number of pyridine rings is 1. The number of hydrogen-bond acceptors (Lipinski definition) is 4. The van der Waals surface area contributed by atoms with Gasteiger partial charge in [0, 0.05) is 21.8 Å². The Morgan fingerprint density at radius 1 is 1.00 bits per heavy atom. The summed E-state index contributed by atoms with van der Waals surface area (Å²) >= 11 is 13.4. The van der Waals surface area contributed by atoms with Crippen LogP contribution >= 0.6 is 35.6 Å². The monoisotopic (exact) mass is 505 g/mol. The van der Waals surface area contributed by atoms with E-state index in [1.807, 2.05) is 54.6 Å². The van der Waals surface area contributed by atoms with E-state index >= 15 is 0 Å². The Bertz CT molecular complexity index is 1270. The Morgan fingerprint density at radius 2 is 1.76 bits per heavy atom. The number of nitrogens with one attached hydrogen (secondary N) is 1. The van der Waals surface area contributed by atoms with E-state index in [-0.39, 0.29) is 12.1 Å². The molecule has 0 spiro atoms. The molecule has 0 unspecified atom stereocenters. The van der Waals surface area contributed by atoms with Gasteiger partial charge in [-0.25, -0.2) is 0 Å². The number of hydrogen-bond donors (Lipinski definition) is 1. The van der Waals surface area contributed by atoms with Gasteiger partial charge < -0.3 is 14.6 Å². The third-order valence-corrected chi connectivity index (χ3v) is 7.36. The lowest BCUT2D eigenvalue weighted by Crippen LogP contribution is -2.29. The van der Waals surface area contributed by atoms with Crippen molar-refractivity contribution in [2.75, 3.05) is 4.90 Å². The first-order chi connectivity index (χ1) is 16.5. The molecule has 0 bridgehead atoms. The van der Waals surface area contributed by atoms with Gasteiger partial charge >= 0.3 is 0 Å². The molecule has 5 rings (SSSR count). The van der Waals surface area contributed by atoms with E-state index in [9.17, 15) is 0 Å². The van der Waals surface area contributed by atoms with Crippen LogP contribution in [0.15, 0.2) is 99.5 Å². The molecule has 1 fully saturated rings. The quantitative estimate of drug-likeness (QED) is 0.270. The Hall–Kier alpha value is -2.80. The number of rotatable bonds is 6. The molecule has 3 heterocycles. The highest BCUT2D eigenvalue weighted by molar-refractivity contribution is 7.99. The summed E-state index contributed by atoms with van der Waals surface area (Å²) in [6, 6.07) is 26.0. The first-order valence-electron chi connectivity index (χ1n) is 11.1. The second-order valence-electron chi connectivity index (χ2n) is 8.46. The van der Waals surface area contributed by atoms with Gasteiger partial charge in [-0.3, -0.25) is 4.98 Å². The van der Waals surface area contributed by atoms with Gasteiger partial charge in [0.2, 0.25) is 0 Å². The van der Waals surface area contributed by atoms with E-state index < -0.39 is 0 Å². The summed E-state index contributed by atoms with van der Waals surface area (Å²) < 4.78 is 6.38. The molecule has 172 valence electrons. The third kappa shape index (κ3) is 4.71. The molecule has 34 heavy (non-hydrogen) atoms. The summed E-state index contributed by atoms with van der Waals surface area (Å²) in [4.78, 5) is 7.81. The van der Waals surface area contributed by atoms with Crippen LogP contribution in [0.1, 0.15) is 48.9 Å². The van der Waals surface area contributed by atoms with Crippen molar-refractivity contribution in [3.63, 3.8) is 0 Å². The number of nitrogens with zero attached hydrogens (tertiary/aromatic N) is 2. The van der Waals surface area contributed by atoms with Crippen LogP contribution in [0.5, 0.6) is 0 Å². The number of benzene rings is 2. The first-order valence-corrected chi connectivity index (χ1v) is 12.7. The van der Waals surface area contributed by atoms with E-state index in [2.05, 4.69) is 53.3 Å². The maximum atomic E-state index is 6.38. The number of halogens is 1. The van der Waals surface area contributed by atoms with Crippen LogP contribution in [0, 0.1) is 0 Å². The molecular weight excluding hydrogens is 482 g/mol. The lowest BCUT2D eigenvalue weighted by atomic mass is 10.0. The van der Waals surface area contributed by atoms with Gasteiger partial charge in [0.15, 0.2) is 10.2 Å². The molecule has 1 N–H and O–H groups in total. The maximum absolute atomic E-state index is 6.38. The second kappa shape index (κ2) is 9.82. The Labute approximate surface area is 214 Å². The average Bonchev–Trinajstić information content (AvgIpc) is 3.45. The van der Waals surface area contributed by atoms with Crippen molar-refractivity contribution in [1.29, 1.82) is 0 Å². The topological polar surface area (TPSA) is 41.3 Å². The SMILES string of the molecule is CC(C)c1ccc(N2C(=S)N[C@H](c3ccccn3)[C@H]2c2ccc(Sc3ccc(Cl)cc3)o2)cc1. The van der Waals surface area contributed by atoms with Gasteiger partial charge in [0.1, 0.15) is 11.8 Å². The predicted molar refractivity (Wildman–Crippen MR) is 143 cm³/mol. The number of aromatic nitrogens is 1.